The molecule has 1 heterocycles. The summed E-state index contributed by atoms with van der Waals surface area (Å²) in [6, 6.07) is 0.339. The molecule has 2 rings (SSSR count). The van der Waals surface area contributed by atoms with Gasteiger partial charge in [0.05, 0.1) is 24.8 Å². The van der Waals surface area contributed by atoms with Gasteiger partial charge in [-0.1, -0.05) is 0 Å². The van der Waals surface area contributed by atoms with Crippen LogP contribution in [0.15, 0.2) is 10.4 Å². The molecule has 0 spiro atoms. The lowest BCUT2D eigenvalue weighted by Crippen LogP contribution is -2.45. The van der Waals surface area contributed by atoms with E-state index in [0.29, 0.717) is 19.2 Å². The number of guanidine groups is 1. The zero-order chi connectivity index (χ0) is 18.9. The van der Waals surface area contributed by atoms with Crippen molar-refractivity contribution in [3.63, 3.8) is 0 Å². The van der Waals surface area contributed by atoms with Gasteiger partial charge < -0.3 is 20.3 Å². The Hall–Kier alpha value is -1.83. The Labute approximate surface area is 160 Å². The monoisotopic (exact) mass is 381 g/mol. The minimum absolute atomic E-state index is 0.0481. The van der Waals surface area contributed by atoms with Gasteiger partial charge in [-0.2, -0.15) is 0 Å². The quantitative estimate of drug-likeness (QED) is 0.429. The van der Waals surface area contributed by atoms with E-state index in [-0.39, 0.29) is 11.9 Å². The minimum Gasteiger partial charge on any atom is -0.466 e. The van der Waals surface area contributed by atoms with Crippen molar-refractivity contribution < 1.29 is 9.53 Å². The molecule has 0 atom stereocenters. The summed E-state index contributed by atoms with van der Waals surface area (Å²) in [4.78, 5) is 23.1. The molecule has 1 aromatic heterocycles. The van der Waals surface area contributed by atoms with Gasteiger partial charge in [0.2, 0.25) is 0 Å². The molecule has 0 saturated heterocycles. The zero-order valence-corrected chi connectivity index (χ0v) is 17.1. The van der Waals surface area contributed by atoms with Crippen LogP contribution in [0.5, 0.6) is 0 Å². The van der Waals surface area contributed by atoms with Crippen LogP contribution in [0, 0.1) is 5.92 Å². The first-order valence-electron chi connectivity index (χ1n) is 9.36. The van der Waals surface area contributed by atoms with Gasteiger partial charge in [-0.25, -0.2) is 9.98 Å². The number of nitrogens with one attached hydrogen (secondary N) is 2. The molecule has 146 valence electrons. The second kappa shape index (κ2) is 10.4. The second-order valence-corrected chi connectivity index (χ2v) is 7.49. The van der Waals surface area contributed by atoms with Crippen LogP contribution < -0.4 is 15.5 Å². The van der Waals surface area contributed by atoms with E-state index >= 15 is 0 Å². The number of hydrogen-bond acceptors (Lipinski definition) is 6. The van der Waals surface area contributed by atoms with Crippen molar-refractivity contribution in [2.45, 2.75) is 52.1 Å². The third kappa shape index (κ3) is 6.16. The lowest BCUT2D eigenvalue weighted by Gasteiger charge is -2.29. The molecule has 7 nitrogen and oxygen atoms in total. The summed E-state index contributed by atoms with van der Waals surface area (Å²) in [6.45, 7) is 5.73. The fourth-order valence-electron chi connectivity index (χ4n) is 2.98. The summed E-state index contributed by atoms with van der Waals surface area (Å²) in [7, 11) is 3.98. The van der Waals surface area contributed by atoms with Gasteiger partial charge in [0.25, 0.3) is 0 Å². The Balaban J connectivity index is 1.86. The molecule has 0 aromatic carbocycles. The van der Waals surface area contributed by atoms with E-state index in [0.717, 1.165) is 49.0 Å². The molecular weight excluding hydrogens is 350 g/mol. The smallest absolute Gasteiger partial charge is 0.308 e. The highest BCUT2D eigenvalue weighted by Crippen LogP contribution is 2.25. The van der Waals surface area contributed by atoms with E-state index < -0.39 is 0 Å². The molecule has 1 fully saturated rings. The molecule has 1 aromatic rings. The van der Waals surface area contributed by atoms with Crippen LogP contribution in [-0.4, -0.2) is 50.2 Å². The topological polar surface area (TPSA) is 78.9 Å². The molecule has 8 heteroatoms. The molecule has 0 aliphatic heterocycles. The van der Waals surface area contributed by atoms with Crippen molar-refractivity contribution in [3.05, 3.63) is 11.1 Å². The van der Waals surface area contributed by atoms with Crippen molar-refractivity contribution >= 4 is 28.4 Å². The summed E-state index contributed by atoms with van der Waals surface area (Å²) in [6.07, 6.45) is 3.65. The van der Waals surface area contributed by atoms with E-state index in [2.05, 4.69) is 27.5 Å². The highest BCUT2D eigenvalue weighted by molar-refractivity contribution is 7.13. The maximum absolute atomic E-state index is 11.9. The number of aromatic nitrogens is 1. The summed E-state index contributed by atoms with van der Waals surface area (Å²) in [5, 5.41) is 9.84. The fourth-order valence-corrected chi connectivity index (χ4v) is 3.73. The molecule has 1 saturated carbocycles. The molecule has 26 heavy (non-hydrogen) atoms. The third-order valence-electron chi connectivity index (χ3n) is 4.35. The van der Waals surface area contributed by atoms with Crippen LogP contribution >= 0.6 is 11.3 Å². The molecular formula is C18H31N5O2S. The van der Waals surface area contributed by atoms with Crippen LogP contribution in [0.1, 0.15) is 45.2 Å². The Morgan fingerprint density at radius 2 is 2.08 bits per heavy atom. The van der Waals surface area contributed by atoms with Crippen LogP contribution in [0.3, 0.4) is 0 Å². The summed E-state index contributed by atoms with van der Waals surface area (Å²) >= 11 is 1.63. The first-order valence-corrected chi connectivity index (χ1v) is 10.2. The van der Waals surface area contributed by atoms with E-state index in [1.54, 1.807) is 11.3 Å². The number of hydrogen-bond donors (Lipinski definition) is 2. The Bertz CT molecular complexity index is 594. The van der Waals surface area contributed by atoms with Gasteiger partial charge in [0.1, 0.15) is 0 Å². The van der Waals surface area contributed by atoms with Crippen molar-refractivity contribution in [3.8, 4) is 0 Å². The lowest BCUT2D eigenvalue weighted by molar-refractivity contribution is -0.149. The predicted octanol–water partition coefficient (Wildman–Crippen LogP) is 2.39. The lowest BCUT2D eigenvalue weighted by atomic mass is 9.86. The first kappa shape index (κ1) is 20.5. The van der Waals surface area contributed by atoms with Gasteiger partial charge in [-0.3, -0.25) is 4.79 Å². The standard InChI is InChI=1S/C18H31N5O2S/c1-5-19-17(20-11-15-12-26-18(22-15)23(3)4)21-14-9-7-13(8-10-14)16(24)25-6-2/h12-14H,5-11H2,1-4H3,(H2,19,20,21). The number of carbonyl (C=O) groups is 1. The molecule has 0 bridgehead atoms. The fraction of sp³-hybridized carbons (Fsp3) is 0.722. The molecule has 0 amide bonds. The maximum atomic E-state index is 11.9. The summed E-state index contributed by atoms with van der Waals surface area (Å²) in [5.74, 6) is 0.810. The highest BCUT2D eigenvalue weighted by atomic mass is 32.1. The van der Waals surface area contributed by atoms with Crippen molar-refractivity contribution in [1.82, 2.24) is 15.6 Å². The molecule has 1 aliphatic rings. The number of nitrogens with zero attached hydrogens (tertiary/aromatic N) is 3. The number of carbonyl (C=O) groups excluding carboxylic acids is 1. The number of ether oxygens (including phenoxy) is 1. The van der Waals surface area contributed by atoms with Gasteiger partial charge in [-0.15, -0.1) is 11.3 Å². The van der Waals surface area contributed by atoms with Crippen LogP contribution in [0.4, 0.5) is 5.13 Å². The molecule has 2 N–H and O–H groups in total. The average molecular weight is 382 g/mol. The molecule has 0 unspecified atom stereocenters. The number of esters is 1. The number of rotatable bonds is 7. The van der Waals surface area contributed by atoms with Crippen molar-refractivity contribution in [1.29, 1.82) is 0 Å². The van der Waals surface area contributed by atoms with Crippen LogP contribution in [0.25, 0.3) is 0 Å². The van der Waals surface area contributed by atoms with Crippen molar-refractivity contribution in [2.24, 2.45) is 10.9 Å². The number of thiazole rings is 1. The Morgan fingerprint density at radius 1 is 1.35 bits per heavy atom. The third-order valence-corrected chi connectivity index (χ3v) is 5.41. The molecule has 0 radical (unpaired) electrons. The van der Waals surface area contributed by atoms with Gasteiger partial charge in [0.15, 0.2) is 11.1 Å². The highest BCUT2D eigenvalue weighted by Gasteiger charge is 2.27. The van der Waals surface area contributed by atoms with E-state index in [4.69, 9.17) is 4.74 Å². The summed E-state index contributed by atoms with van der Waals surface area (Å²) in [5.41, 5.74) is 0.974. The molecule has 1 aliphatic carbocycles. The number of aliphatic imine (C=N–C) groups is 1. The largest absolute Gasteiger partial charge is 0.466 e. The maximum Gasteiger partial charge on any atom is 0.308 e. The Morgan fingerprint density at radius 3 is 2.65 bits per heavy atom. The van der Waals surface area contributed by atoms with Gasteiger partial charge >= 0.3 is 5.97 Å². The van der Waals surface area contributed by atoms with E-state index in [1.165, 1.54) is 0 Å². The summed E-state index contributed by atoms with van der Waals surface area (Å²) < 4.78 is 5.14. The van der Waals surface area contributed by atoms with E-state index in [1.807, 2.05) is 31.3 Å². The minimum atomic E-state index is -0.0493. The van der Waals surface area contributed by atoms with Gasteiger partial charge in [0, 0.05) is 32.1 Å². The normalized spacial score (nSPS) is 20.5. The predicted molar refractivity (Wildman–Crippen MR) is 107 cm³/mol. The Kier molecular flexibility index (Phi) is 8.15. The van der Waals surface area contributed by atoms with E-state index in [9.17, 15) is 4.79 Å². The average Bonchev–Trinajstić information content (AvgIpc) is 3.10. The number of anilines is 1. The van der Waals surface area contributed by atoms with Crippen LogP contribution in [0.2, 0.25) is 0 Å². The second-order valence-electron chi connectivity index (χ2n) is 6.66. The first-order chi connectivity index (χ1) is 12.5. The van der Waals surface area contributed by atoms with Gasteiger partial charge in [-0.05, 0) is 39.5 Å². The van der Waals surface area contributed by atoms with Crippen molar-refractivity contribution in [2.75, 3.05) is 32.1 Å². The van der Waals surface area contributed by atoms with Crippen LogP contribution in [-0.2, 0) is 16.1 Å². The zero-order valence-electron chi connectivity index (χ0n) is 16.2. The SMILES string of the molecule is CCNC(=NCc1csc(N(C)C)n1)NC1CCC(C(=O)OCC)CC1.